The molecule has 1 aliphatic rings. The molecule has 1 aromatic rings. The molecule has 1 aromatic carbocycles. The van der Waals surface area contributed by atoms with Crippen LogP contribution in [0, 0.1) is 18.3 Å². The van der Waals surface area contributed by atoms with Crippen molar-refractivity contribution in [3.05, 3.63) is 22.7 Å². The number of hydrogen-bond acceptors (Lipinski definition) is 2. The predicted octanol–water partition coefficient (Wildman–Crippen LogP) is 5.41. The molecule has 1 amide bonds. The van der Waals surface area contributed by atoms with Gasteiger partial charge in [0.05, 0.1) is 16.6 Å². The van der Waals surface area contributed by atoms with Crippen LogP contribution in [-0.4, -0.2) is 25.2 Å². The number of benzene rings is 1. The molecule has 1 aliphatic heterocycles. The average Bonchev–Trinajstić information content (AvgIpc) is 2.50. The second-order valence-corrected chi connectivity index (χ2v) is 7.96. The maximum absolute atomic E-state index is 12.8. The van der Waals surface area contributed by atoms with E-state index in [1.165, 1.54) is 0 Å². The molecule has 0 radical (unpaired) electrons. The Morgan fingerprint density at radius 1 is 1.20 bits per heavy atom. The fourth-order valence-corrected chi connectivity index (χ4v) is 3.09. The van der Waals surface area contributed by atoms with Crippen molar-refractivity contribution in [1.82, 2.24) is 0 Å². The Balaban J connectivity index is 2.14. The Morgan fingerprint density at radius 3 is 2.24 bits per heavy atom. The van der Waals surface area contributed by atoms with E-state index in [1.807, 2.05) is 25.7 Å². The zero-order chi connectivity index (χ0) is 19.0. The first kappa shape index (κ1) is 19.9. The van der Waals surface area contributed by atoms with E-state index in [9.17, 15) is 18.0 Å². The van der Waals surface area contributed by atoms with Crippen LogP contribution in [0.1, 0.15) is 39.2 Å². The lowest BCUT2D eigenvalue weighted by Gasteiger charge is -2.35. The number of carbonyl (C=O) groups is 1. The summed E-state index contributed by atoms with van der Waals surface area (Å²) in [4.78, 5) is 14.0. The quantitative estimate of drug-likeness (QED) is 0.748. The maximum atomic E-state index is 12.8. The van der Waals surface area contributed by atoms with E-state index in [0.717, 1.165) is 5.56 Å². The highest BCUT2D eigenvalue weighted by molar-refractivity contribution is 6.34. The Labute approximate surface area is 151 Å². The first-order chi connectivity index (χ1) is 11.4. The molecule has 25 heavy (non-hydrogen) atoms. The summed E-state index contributed by atoms with van der Waals surface area (Å²) in [5.74, 6) is -1.36. The summed E-state index contributed by atoms with van der Waals surface area (Å²) in [6.07, 6.45) is -3.99. The van der Waals surface area contributed by atoms with Crippen LogP contribution in [0.5, 0.6) is 0 Å². The molecule has 1 heterocycles. The van der Waals surface area contributed by atoms with Crippen molar-refractivity contribution in [2.45, 2.75) is 46.7 Å². The van der Waals surface area contributed by atoms with E-state index in [2.05, 4.69) is 5.32 Å². The molecule has 0 aromatic heterocycles. The number of nitrogens with zero attached hydrogens (tertiary/aromatic N) is 1. The number of amides is 1. The van der Waals surface area contributed by atoms with Gasteiger partial charge in [-0.2, -0.15) is 13.2 Å². The molecule has 0 saturated carbocycles. The van der Waals surface area contributed by atoms with Gasteiger partial charge in [0, 0.05) is 24.2 Å². The predicted molar refractivity (Wildman–Crippen MR) is 95.3 cm³/mol. The largest absolute Gasteiger partial charge is 0.391 e. The molecule has 140 valence electrons. The molecule has 0 atom stereocenters. The van der Waals surface area contributed by atoms with Gasteiger partial charge in [0.2, 0.25) is 5.91 Å². The topological polar surface area (TPSA) is 32.3 Å². The summed E-state index contributed by atoms with van der Waals surface area (Å²) in [5.41, 5.74) is 1.53. The lowest BCUT2D eigenvalue weighted by molar-refractivity contribution is -0.179. The lowest BCUT2D eigenvalue weighted by atomic mass is 9.95. The first-order valence-corrected chi connectivity index (χ1v) is 8.71. The number of carbonyl (C=O) groups excluding carboxylic acids is 1. The van der Waals surface area contributed by atoms with Crippen molar-refractivity contribution in [3.63, 3.8) is 0 Å². The SMILES string of the molecule is Cc1c(NC(=O)C(C)(C)C)ccc(N2CCC(C(F)(F)F)CC2)c1Cl. The Kier molecular flexibility index (Phi) is 5.62. The zero-order valence-corrected chi connectivity index (χ0v) is 15.7. The van der Waals surface area contributed by atoms with Crippen LogP contribution in [0.25, 0.3) is 0 Å². The molecule has 0 aliphatic carbocycles. The number of hydrogen-bond donors (Lipinski definition) is 1. The summed E-state index contributed by atoms with van der Waals surface area (Å²) < 4.78 is 38.4. The van der Waals surface area contributed by atoms with Crippen LogP contribution in [0.4, 0.5) is 24.5 Å². The average molecular weight is 377 g/mol. The van der Waals surface area contributed by atoms with Gasteiger partial charge >= 0.3 is 6.18 Å². The van der Waals surface area contributed by atoms with Gasteiger partial charge in [-0.1, -0.05) is 32.4 Å². The highest BCUT2D eigenvalue weighted by Crippen LogP contribution is 2.39. The van der Waals surface area contributed by atoms with Crippen molar-refractivity contribution in [2.24, 2.45) is 11.3 Å². The summed E-state index contributed by atoms with van der Waals surface area (Å²) in [5, 5.41) is 3.33. The van der Waals surface area contributed by atoms with Crippen LogP contribution in [0.3, 0.4) is 0 Å². The molecule has 7 heteroatoms. The third-order valence-corrected chi connectivity index (χ3v) is 5.07. The van der Waals surface area contributed by atoms with Crippen molar-refractivity contribution < 1.29 is 18.0 Å². The number of nitrogens with one attached hydrogen (secondary N) is 1. The summed E-state index contributed by atoms with van der Waals surface area (Å²) >= 11 is 6.44. The van der Waals surface area contributed by atoms with Crippen LogP contribution >= 0.6 is 11.6 Å². The lowest BCUT2D eigenvalue weighted by Crippen LogP contribution is -2.39. The Morgan fingerprint density at radius 2 is 1.76 bits per heavy atom. The van der Waals surface area contributed by atoms with Gasteiger partial charge in [-0.3, -0.25) is 4.79 Å². The minimum atomic E-state index is -4.13. The van der Waals surface area contributed by atoms with E-state index < -0.39 is 17.5 Å². The van der Waals surface area contributed by atoms with Gasteiger partial charge in [-0.15, -0.1) is 0 Å². The van der Waals surface area contributed by atoms with Gasteiger partial charge in [0.1, 0.15) is 0 Å². The Hall–Kier alpha value is -1.43. The van der Waals surface area contributed by atoms with E-state index in [4.69, 9.17) is 11.6 Å². The Bertz CT molecular complexity index is 645. The second-order valence-electron chi connectivity index (χ2n) is 7.58. The number of halogens is 4. The third kappa shape index (κ3) is 4.60. The number of piperidine rings is 1. The summed E-state index contributed by atoms with van der Waals surface area (Å²) in [6.45, 7) is 7.88. The summed E-state index contributed by atoms with van der Waals surface area (Å²) in [7, 11) is 0. The molecule has 0 unspecified atom stereocenters. The highest BCUT2D eigenvalue weighted by Gasteiger charge is 2.41. The zero-order valence-electron chi connectivity index (χ0n) is 14.9. The van der Waals surface area contributed by atoms with Gasteiger partial charge in [-0.25, -0.2) is 0 Å². The van der Waals surface area contributed by atoms with Crippen LogP contribution in [0.2, 0.25) is 5.02 Å². The van der Waals surface area contributed by atoms with Gasteiger partial charge in [0.25, 0.3) is 0 Å². The van der Waals surface area contributed by atoms with E-state index in [0.29, 0.717) is 29.5 Å². The van der Waals surface area contributed by atoms with Gasteiger partial charge in [-0.05, 0) is 37.5 Å². The molecule has 0 bridgehead atoms. The smallest absolute Gasteiger partial charge is 0.370 e. The molecule has 1 fully saturated rings. The number of rotatable bonds is 2. The van der Waals surface area contributed by atoms with Crippen molar-refractivity contribution in [2.75, 3.05) is 23.3 Å². The van der Waals surface area contributed by atoms with Gasteiger partial charge < -0.3 is 10.2 Å². The van der Waals surface area contributed by atoms with Gasteiger partial charge in [0.15, 0.2) is 0 Å². The standard InChI is InChI=1S/C18H24ClF3N2O/c1-11-13(23-16(25)17(2,3)4)5-6-14(15(11)19)24-9-7-12(8-10-24)18(20,21)22/h5-6,12H,7-10H2,1-4H3,(H,23,25). The molecule has 0 spiro atoms. The first-order valence-electron chi connectivity index (χ1n) is 8.33. The maximum Gasteiger partial charge on any atom is 0.391 e. The third-order valence-electron chi connectivity index (χ3n) is 4.59. The van der Waals surface area contributed by atoms with E-state index >= 15 is 0 Å². The molecule has 2 rings (SSSR count). The molecule has 1 N–H and O–H groups in total. The summed E-state index contributed by atoms with van der Waals surface area (Å²) in [6, 6.07) is 3.53. The normalized spacial score (nSPS) is 16.9. The van der Waals surface area contributed by atoms with Crippen LogP contribution in [-0.2, 0) is 4.79 Å². The second kappa shape index (κ2) is 7.06. The van der Waals surface area contributed by atoms with E-state index in [-0.39, 0.29) is 18.7 Å². The van der Waals surface area contributed by atoms with Crippen molar-refractivity contribution in [1.29, 1.82) is 0 Å². The van der Waals surface area contributed by atoms with Crippen molar-refractivity contribution in [3.8, 4) is 0 Å². The van der Waals surface area contributed by atoms with Crippen molar-refractivity contribution >= 4 is 28.9 Å². The molecular formula is C18H24ClF3N2O. The highest BCUT2D eigenvalue weighted by atomic mass is 35.5. The molecule has 3 nitrogen and oxygen atoms in total. The fraction of sp³-hybridized carbons (Fsp3) is 0.611. The molecule has 1 saturated heterocycles. The fourth-order valence-electron chi connectivity index (χ4n) is 2.81. The monoisotopic (exact) mass is 376 g/mol. The van der Waals surface area contributed by atoms with E-state index in [1.54, 1.807) is 19.1 Å². The minimum absolute atomic E-state index is 0.0708. The molecular weight excluding hydrogens is 353 g/mol. The van der Waals surface area contributed by atoms with Crippen LogP contribution < -0.4 is 10.2 Å². The number of anilines is 2. The number of alkyl halides is 3. The minimum Gasteiger partial charge on any atom is -0.370 e. The van der Waals surface area contributed by atoms with Crippen LogP contribution in [0.15, 0.2) is 12.1 Å².